The molecule has 2 amide bonds. The summed E-state index contributed by atoms with van der Waals surface area (Å²) in [6.45, 7) is 0. The molecular formula is C17H11ClFNO3. The van der Waals surface area contributed by atoms with Crippen LogP contribution in [0.25, 0.3) is 0 Å². The number of alkyl halides is 1. The summed E-state index contributed by atoms with van der Waals surface area (Å²) in [7, 11) is 0. The largest absolute Gasteiger partial charge is 0.298 e. The van der Waals surface area contributed by atoms with Crippen molar-refractivity contribution in [2.75, 3.05) is 0 Å². The van der Waals surface area contributed by atoms with Crippen molar-refractivity contribution in [2.24, 2.45) is 0 Å². The molecule has 4 nitrogen and oxygen atoms in total. The van der Waals surface area contributed by atoms with Gasteiger partial charge in [0.1, 0.15) is 0 Å². The Hall–Kier alpha value is -2.53. The highest BCUT2D eigenvalue weighted by atomic mass is 35.5. The van der Waals surface area contributed by atoms with Crippen LogP contribution in [0.5, 0.6) is 0 Å². The topological polar surface area (TPSA) is 54.5 Å². The molecule has 0 spiro atoms. The van der Waals surface area contributed by atoms with Gasteiger partial charge in [-0.1, -0.05) is 35.9 Å². The molecule has 0 N–H and O–H groups in total. The van der Waals surface area contributed by atoms with Gasteiger partial charge < -0.3 is 0 Å². The lowest BCUT2D eigenvalue weighted by Crippen LogP contribution is -2.51. The van der Waals surface area contributed by atoms with E-state index in [0.717, 1.165) is 0 Å². The van der Waals surface area contributed by atoms with E-state index in [-0.39, 0.29) is 17.4 Å². The van der Waals surface area contributed by atoms with Crippen LogP contribution in [-0.4, -0.2) is 28.8 Å². The molecule has 116 valence electrons. The number of aldehydes is 1. The molecular weight excluding hydrogens is 321 g/mol. The molecule has 0 fully saturated rings. The van der Waals surface area contributed by atoms with Crippen LogP contribution in [0, 0.1) is 0 Å². The molecule has 2 aromatic rings. The SMILES string of the molecule is O=C[C@@](F)(Cc1ccc(Cl)cc1)N1C(=O)c2ccccc2C1=O. The summed E-state index contributed by atoms with van der Waals surface area (Å²) < 4.78 is 15.2. The quantitative estimate of drug-likeness (QED) is 0.491. The first-order valence-electron chi connectivity index (χ1n) is 6.84. The van der Waals surface area contributed by atoms with E-state index in [4.69, 9.17) is 11.6 Å². The van der Waals surface area contributed by atoms with Gasteiger partial charge in [-0.2, -0.15) is 0 Å². The number of hydrogen-bond donors (Lipinski definition) is 0. The molecule has 2 aromatic carbocycles. The van der Waals surface area contributed by atoms with Crippen molar-refractivity contribution in [3.8, 4) is 0 Å². The van der Waals surface area contributed by atoms with Gasteiger partial charge in [0.2, 0.25) is 0 Å². The maximum Gasteiger partial charge on any atom is 0.264 e. The van der Waals surface area contributed by atoms with Crippen LogP contribution in [0.3, 0.4) is 0 Å². The Morgan fingerprint density at radius 1 is 1.00 bits per heavy atom. The summed E-state index contributed by atoms with van der Waals surface area (Å²) in [6, 6.07) is 12.2. The van der Waals surface area contributed by atoms with Gasteiger partial charge >= 0.3 is 0 Å². The number of fused-ring (bicyclic) bond motifs is 1. The second-order valence-electron chi connectivity index (χ2n) is 5.23. The average molecular weight is 332 g/mol. The molecule has 0 radical (unpaired) electrons. The first kappa shape index (κ1) is 15.4. The van der Waals surface area contributed by atoms with Gasteiger partial charge in [0.15, 0.2) is 6.29 Å². The monoisotopic (exact) mass is 331 g/mol. The van der Waals surface area contributed by atoms with Crippen LogP contribution in [0.2, 0.25) is 5.02 Å². The zero-order chi connectivity index (χ0) is 16.6. The number of benzene rings is 2. The Balaban J connectivity index is 1.98. The fraction of sp³-hybridized carbons (Fsp3) is 0.118. The van der Waals surface area contributed by atoms with Crippen LogP contribution >= 0.6 is 11.6 Å². The highest BCUT2D eigenvalue weighted by molar-refractivity contribution is 6.30. The minimum absolute atomic E-state index is 0.0106. The van der Waals surface area contributed by atoms with Crippen molar-refractivity contribution in [3.05, 3.63) is 70.2 Å². The first-order chi connectivity index (χ1) is 11.0. The number of imide groups is 1. The Morgan fingerprint density at radius 2 is 1.52 bits per heavy atom. The summed E-state index contributed by atoms with van der Waals surface area (Å²) >= 11 is 5.77. The molecule has 1 aliphatic heterocycles. The second kappa shape index (κ2) is 5.59. The summed E-state index contributed by atoms with van der Waals surface area (Å²) in [6.07, 6.45) is -0.442. The molecule has 0 saturated carbocycles. The minimum atomic E-state index is -2.75. The molecule has 23 heavy (non-hydrogen) atoms. The summed E-state index contributed by atoms with van der Waals surface area (Å²) in [4.78, 5) is 36.5. The van der Waals surface area contributed by atoms with E-state index in [9.17, 15) is 14.4 Å². The van der Waals surface area contributed by atoms with E-state index in [1.165, 1.54) is 12.1 Å². The van der Waals surface area contributed by atoms with Crippen molar-refractivity contribution in [1.82, 2.24) is 4.90 Å². The Kier molecular flexibility index (Phi) is 3.74. The van der Waals surface area contributed by atoms with Gasteiger partial charge in [0, 0.05) is 11.4 Å². The summed E-state index contributed by atoms with van der Waals surface area (Å²) in [5, 5.41) is 0.463. The van der Waals surface area contributed by atoms with Gasteiger partial charge in [-0.25, -0.2) is 9.29 Å². The molecule has 0 aromatic heterocycles. The molecule has 1 heterocycles. The predicted molar refractivity (Wildman–Crippen MR) is 82.0 cm³/mol. The van der Waals surface area contributed by atoms with Gasteiger partial charge in [-0.3, -0.25) is 14.4 Å². The Bertz CT molecular complexity index is 771. The molecule has 3 rings (SSSR count). The molecule has 0 bridgehead atoms. The number of rotatable bonds is 4. The van der Waals surface area contributed by atoms with E-state index >= 15 is 4.39 Å². The second-order valence-corrected chi connectivity index (χ2v) is 5.67. The van der Waals surface area contributed by atoms with E-state index in [2.05, 4.69) is 0 Å². The average Bonchev–Trinajstić information content (AvgIpc) is 2.82. The summed E-state index contributed by atoms with van der Waals surface area (Å²) in [5.41, 5.74) is 0.635. The maximum atomic E-state index is 15.2. The van der Waals surface area contributed by atoms with Gasteiger partial charge in [-0.15, -0.1) is 0 Å². The fourth-order valence-electron chi connectivity index (χ4n) is 2.59. The van der Waals surface area contributed by atoms with Crippen LogP contribution in [-0.2, 0) is 11.2 Å². The van der Waals surface area contributed by atoms with Crippen LogP contribution in [0.15, 0.2) is 48.5 Å². The van der Waals surface area contributed by atoms with E-state index in [1.807, 2.05) is 0 Å². The van der Waals surface area contributed by atoms with Crippen LogP contribution in [0.1, 0.15) is 26.3 Å². The van der Waals surface area contributed by atoms with E-state index in [0.29, 0.717) is 15.5 Å². The van der Waals surface area contributed by atoms with Crippen molar-refractivity contribution in [2.45, 2.75) is 12.2 Å². The molecule has 0 saturated heterocycles. The smallest absolute Gasteiger partial charge is 0.264 e. The number of amides is 2. The maximum absolute atomic E-state index is 15.2. The van der Waals surface area contributed by atoms with Gasteiger partial charge in [0.05, 0.1) is 11.1 Å². The number of carbonyl (C=O) groups is 3. The lowest BCUT2D eigenvalue weighted by molar-refractivity contribution is -0.125. The lowest BCUT2D eigenvalue weighted by Gasteiger charge is -2.28. The third-order valence-corrected chi connectivity index (χ3v) is 3.96. The van der Waals surface area contributed by atoms with E-state index < -0.39 is 24.0 Å². The number of nitrogens with zero attached hydrogens (tertiary/aromatic N) is 1. The third kappa shape index (κ3) is 2.53. The first-order valence-corrected chi connectivity index (χ1v) is 7.22. The van der Waals surface area contributed by atoms with Crippen molar-refractivity contribution in [3.63, 3.8) is 0 Å². The third-order valence-electron chi connectivity index (χ3n) is 3.71. The minimum Gasteiger partial charge on any atom is -0.298 e. The molecule has 6 heteroatoms. The van der Waals surface area contributed by atoms with Crippen molar-refractivity contribution < 1.29 is 18.8 Å². The predicted octanol–water partition coefficient (Wildman–Crippen LogP) is 3.04. The highest BCUT2D eigenvalue weighted by Crippen LogP contribution is 2.32. The standard InChI is InChI=1S/C17H11ClFNO3/c18-12-7-5-11(6-8-12)9-17(19,10-21)20-15(22)13-3-1-2-4-14(13)16(20)23/h1-8,10H,9H2/t17-/m1/s1. The van der Waals surface area contributed by atoms with Crippen LogP contribution < -0.4 is 0 Å². The Morgan fingerprint density at radius 3 is 2.00 bits per heavy atom. The zero-order valence-electron chi connectivity index (χ0n) is 11.8. The summed E-state index contributed by atoms with van der Waals surface area (Å²) in [5.74, 6) is -4.37. The van der Waals surface area contributed by atoms with E-state index in [1.54, 1.807) is 36.4 Å². The van der Waals surface area contributed by atoms with Crippen LogP contribution in [0.4, 0.5) is 4.39 Å². The highest BCUT2D eigenvalue weighted by Gasteiger charge is 2.49. The van der Waals surface area contributed by atoms with Gasteiger partial charge in [-0.05, 0) is 29.8 Å². The zero-order valence-corrected chi connectivity index (χ0v) is 12.6. The van der Waals surface area contributed by atoms with Gasteiger partial charge in [0.25, 0.3) is 17.6 Å². The molecule has 1 aliphatic rings. The van der Waals surface area contributed by atoms with Crippen molar-refractivity contribution in [1.29, 1.82) is 0 Å². The Labute approximate surface area is 136 Å². The fourth-order valence-corrected chi connectivity index (χ4v) is 2.71. The molecule has 0 aliphatic carbocycles. The van der Waals surface area contributed by atoms with Crippen molar-refractivity contribution >= 4 is 29.7 Å². The number of hydrogen-bond acceptors (Lipinski definition) is 3. The number of carbonyl (C=O) groups excluding carboxylic acids is 3. The lowest BCUT2D eigenvalue weighted by atomic mass is 10.0. The molecule has 1 atom stereocenters. The number of halogens is 2. The normalized spacial score (nSPS) is 16.2. The molecule has 0 unspecified atom stereocenters.